The van der Waals surface area contributed by atoms with Crippen molar-refractivity contribution in [2.45, 2.75) is 161 Å². The van der Waals surface area contributed by atoms with Gasteiger partial charge in [-0.25, -0.2) is 36.0 Å². The monoisotopic (exact) mass is 1550 g/mol. The molecule has 0 aliphatic heterocycles. The Bertz CT molecular complexity index is 4390. The predicted octanol–water partition coefficient (Wildman–Crippen LogP) is 16.4. The normalized spacial score (nSPS) is 12.3. The summed E-state index contributed by atoms with van der Waals surface area (Å²) in [6.45, 7) is 12.4. The van der Waals surface area contributed by atoms with Crippen LogP contribution >= 0.6 is 12.4 Å². The fraction of sp³-hybridized carbons (Fsp3) is 0.352. The second kappa shape index (κ2) is 38.0. The Balaban J connectivity index is 0.000000290. The highest BCUT2D eigenvalue weighted by atomic mass is 35.5. The molecule has 0 fully saturated rings. The van der Waals surface area contributed by atoms with E-state index >= 15 is 0 Å². The number of aliphatic carboxylic acids is 1. The number of aliphatic hydroxyl groups excluding tert-OH is 2. The molecule has 0 spiro atoms. The van der Waals surface area contributed by atoms with Gasteiger partial charge in [0.25, 0.3) is 0 Å². The number of nitrogens with one attached hydrogen (secondary N) is 1. The number of carbonyl (C=O) groups is 4. The van der Waals surface area contributed by atoms with Crippen LogP contribution in [-0.2, 0) is 92.4 Å². The first-order valence-electron chi connectivity index (χ1n) is 31.7. The van der Waals surface area contributed by atoms with Gasteiger partial charge in [0.05, 0.1) is 54.7 Å². The highest BCUT2D eigenvalue weighted by molar-refractivity contribution is 5.86. The zero-order chi connectivity index (χ0) is 79.6. The number of ether oxygens (including phenoxy) is 2. The summed E-state index contributed by atoms with van der Waals surface area (Å²) in [5.41, 5.74) is 2.60. The Hall–Kier alpha value is -10.0. The van der Waals surface area contributed by atoms with Crippen molar-refractivity contribution < 1.29 is 119 Å². The number of ketones is 1. The van der Waals surface area contributed by atoms with Gasteiger partial charge in [0, 0.05) is 53.5 Å². The largest absolute Gasteiger partial charge is 0.481 e. The van der Waals surface area contributed by atoms with Gasteiger partial charge in [-0.3, -0.25) is 24.3 Å². The van der Waals surface area contributed by atoms with E-state index in [4.69, 9.17) is 30.5 Å². The number of aliphatic hydroxyl groups is 2. The highest BCUT2D eigenvalue weighted by Crippen LogP contribution is 2.34. The third-order valence-corrected chi connectivity index (χ3v) is 14.6. The second-order valence-electron chi connectivity index (χ2n) is 25.1. The van der Waals surface area contributed by atoms with Crippen molar-refractivity contribution in [3.63, 3.8) is 0 Å². The van der Waals surface area contributed by atoms with Gasteiger partial charge in [-0.15, -0.1) is 12.4 Å². The molecule has 0 radical (unpaired) electrons. The van der Waals surface area contributed by atoms with Gasteiger partial charge in [0.1, 0.15) is 46.1 Å². The van der Waals surface area contributed by atoms with Crippen molar-refractivity contribution in [3.8, 4) is 17.1 Å². The van der Waals surface area contributed by atoms with Crippen LogP contribution in [0.25, 0.3) is 17.1 Å². The third kappa shape index (κ3) is 28.0. The van der Waals surface area contributed by atoms with Gasteiger partial charge in [-0.05, 0) is 182 Å². The predicted molar refractivity (Wildman–Crippen MR) is 355 cm³/mol. The second-order valence-corrected chi connectivity index (χ2v) is 25.1. The van der Waals surface area contributed by atoms with Crippen LogP contribution in [0.15, 0.2) is 133 Å². The molecule has 9 rings (SSSR count). The number of Topliss-reactive ketones (excluding diaryl/α,β-unsaturated/α-hetero) is 1. The molecule has 0 saturated heterocycles. The summed E-state index contributed by atoms with van der Waals surface area (Å²) < 4.78 is 232. The van der Waals surface area contributed by atoms with E-state index in [1.807, 2.05) is 0 Å². The number of aromatic nitrogens is 8. The Kier molecular flexibility index (Phi) is 31.7. The van der Waals surface area contributed by atoms with Gasteiger partial charge >= 0.3 is 42.6 Å². The molecule has 4 heterocycles. The first-order valence-corrected chi connectivity index (χ1v) is 31.7. The number of aromatic amines is 1. The number of nitrogens with zero attached hydrogens (tertiary/aromatic N) is 7. The summed E-state index contributed by atoms with van der Waals surface area (Å²) in [6, 6.07) is 26.3. The van der Waals surface area contributed by atoms with Crippen molar-refractivity contribution in [2.24, 2.45) is 5.73 Å². The molecule has 0 bridgehead atoms. The highest BCUT2D eigenvalue weighted by Gasteiger charge is 2.38. The van der Waals surface area contributed by atoms with Gasteiger partial charge in [-0.1, -0.05) is 31.2 Å². The number of H-pyrrole nitrogens is 1. The van der Waals surface area contributed by atoms with Crippen molar-refractivity contribution in [1.82, 2.24) is 39.5 Å². The number of hydrogen-bond acceptors (Lipinski definition) is 13. The average Bonchev–Trinajstić information content (AvgIpc) is 1.67. The molecule has 0 amide bonds. The Labute approximate surface area is 606 Å². The smallest absolute Gasteiger partial charge is 0.435 e. The van der Waals surface area contributed by atoms with Crippen molar-refractivity contribution >= 4 is 36.1 Å². The summed E-state index contributed by atoms with van der Waals surface area (Å²) in [7, 11) is 0. The molecule has 5 aromatic carbocycles. The first-order chi connectivity index (χ1) is 49.1. The molecular formula is C71H73ClF17N9O9. The molecule has 36 heteroatoms. The van der Waals surface area contributed by atoms with Crippen LogP contribution in [-0.4, -0.2) is 89.8 Å². The molecule has 18 nitrogen and oxygen atoms in total. The molecule has 6 N–H and O–H groups in total. The lowest BCUT2D eigenvalue weighted by molar-refractivity contribution is -0.155. The van der Waals surface area contributed by atoms with Crippen LogP contribution in [0.5, 0.6) is 0 Å². The number of carboxylic acids is 1. The number of aryl methyl sites for hydroxylation is 3. The Morgan fingerprint density at radius 3 is 1.09 bits per heavy atom. The number of alkyl halides is 12. The van der Waals surface area contributed by atoms with Crippen LogP contribution in [0.1, 0.15) is 154 Å². The Morgan fingerprint density at radius 1 is 0.458 bits per heavy atom. The molecule has 0 saturated carbocycles. The lowest BCUT2D eigenvalue weighted by Crippen LogP contribution is -2.24. The molecule has 4 aromatic heterocycles. The van der Waals surface area contributed by atoms with E-state index in [0.717, 1.165) is 80.8 Å². The molecule has 107 heavy (non-hydrogen) atoms. The molecule has 2 atom stereocenters. The zero-order valence-corrected chi connectivity index (χ0v) is 58.9. The summed E-state index contributed by atoms with van der Waals surface area (Å²) in [4.78, 5) is 46.4. The maximum Gasteiger partial charge on any atom is 0.435 e. The summed E-state index contributed by atoms with van der Waals surface area (Å²) >= 11 is 0. The van der Waals surface area contributed by atoms with Gasteiger partial charge in [-0.2, -0.15) is 73.1 Å². The van der Waals surface area contributed by atoms with E-state index in [0.29, 0.717) is 16.8 Å². The van der Waals surface area contributed by atoms with E-state index < -0.39 is 124 Å². The number of nitrogens with two attached hydrogens (primary N) is 1. The fourth-order valence-electron chi connectivity index (χ4n) is 9.20. The molecule has 0 aliphatic rings. The minimum absolute atomic E-state index is 0. The van der Waals surface area contributed by atoms with E-state index in [-0.39, 0.29) is 115 Å². The maximum atomic E-state index is 13.9. The maximum absolute atomic E-state index is 13.9. The van der Waals surface area contributed by atoms with E-state index in [1.54, 1.807) is 48.5 Å². The fourth-order valence-corrected chi connectivity index (χ4v) is 9.20. The van der Waals surface area contributed by atoms with Crippen LogP contribution in [0.3, 0.4) is 0 Å². The van der Waals surface area contributed by atoms with E-state index in [2.05, 4.69) is 25.5 Å². The van der Waals surface area contributed by atoms with Crippen LogP contribution < -0.4 is 5.73 Å². The number of benzene rings is 5. The number of carboxylic acid groups (broad SMARTS) is 1. The van der Waals surface area contributed by atoms with Crippen molar-refractivity contribution in [3.05, 3.63) is 230 Å². The lowest BCUT2D eigenvalue weighted by atomic mass is 9.93. The number of hydrogen-bond donors (Lipinski definition) is 5. The number of halogens is 18. The summed E-state index contributed by atoms with van der Waals surface area (Å²) in [5.74, 6) is -6.43. The SMILES string of the molecule is CC(C(=O)CCc1cc(C(F)(F)F)nn1-c1ccc(F)cc1)c1ccc(CO)c(F)c1.CC(C(=O)O)c1ccc(CO)c(F)c1.CC(C)(C)OC(=O)CCc1cc(C(F)(F)F)n[nH]1.CC(C)(C)OC(=O)CCc1cc(C(F)(F)F)nn1-c1ccc(F)cc1.Cl.NCc1cc(C(F)(F)F)nn1-c1ccc(F)cc1. The van der Waals surface area contributed by atoms with Gasteiger partial charge < -0.3 is 30.5 Å². The topological polar surface area (TPSA) is 256 Å². The first kappa shape index (κ1) is 89.4. The number of esters is 2. The number of rotatable bonds is 19. The zero-order valence-electron chi connectivity index (χ0n) is 58.1. The van der Waals surface area contributed by atoms with E-state index in [1.165, 1.54) is 73.7 Å². The van der Waals surface area contributed by atoms with Crippen LogP contribution in [0.2, 0.25) is 0 Å². The molecule has 0 aliphatic carbocycles. The minimum Gasteiger partial charge on any atom is -0.481 e. The van der Waals surface area contributed by atoms with Gasteiger partial charge in [0.2, 0.25) is 0 Å². The van der Waals surface area contributed by atoms with E-state index in [9.17, 15) is 93.8 Å². The average molecular weight is 1550 g/mol. The molecular weight excluding hydrogens is 1480 g/mol. The third-order valence-electron chi connectivity index (χ3n) is 14.6. The quantitative estimate of drug-likeness (QED) is 0.0373. The summed E-state index contributed by atoms with van der Waals surface area (Å²) in [6.07, 6.45) is -18.4. The van der Waals surface area contributed by atoms with Crippen molar-refractivity contribution in [1.29, 1.82) is 0 Å². The van der Waals surface area contributed by atoms with Crippen molar-refractivity contribution in [2.75, 3.05) is 0 Å². The minimum atomic E-state index is -4.68. The lowest BCUT2D eigenvalue weighted by Gasteiger charge is -2.19. The van der Waals surface area contributed by atoms with Gasteiger partial charge in [0.15, 0.2) is 22.8 Å². The van der Waals surface area contributed by atoms with Crippen LogP contribution in [0, 0.1) is 29.1 Å². The molecule has 9 aromatic rings. The summed E-state index contributed by atoms with van der Waals surface area (Å²) in [5, 5.41) is 42.4. The number of carbonyl (C=O) groups excluding carboxylic acids is 3. The van der Waals surface area contributed by atoms with Crippen LogP contribution in [0.4, 0.5) is 74.6 Å². The molecule has 582 valence electrons. The molecule has 2 unspecified atom stereocenters. The Morgan fingerprint density at radius 2 is 0.785 bits per heavy atom. The standard InChI is InChI=1S/C22H19F5N2O2.C17H18F4N2O2.C11H9F4N3.C11H15F3N2O2.C10H11FO3.ClH/c1-13(14-2-3-15(12-30)19(24)10-14)20(31)9-8-18-11-21(22(25,26)27)28-29(18)17-6-4-16(23)5-7-17;1-16(2,3)25-15(24)9-8-13-10-14(17(19,20)21)22-23(13)12-6-4-11(18)5-7-12;12-7-1-3-8(4-2-7)18-9(6-16)5-10(17-18)11(13,14)15;1-10(2,3)18-9(17)5-4-7-6-8(16-15-7)11(12,13)14;1-6(10(13)14)7-2-3-8(5-12)9(11)4-7;/h2-7,10-11,13,30H,8-9,12H2,1H3;4-7,10H,8-9H2,1-3H3;1-5H,6,16H2;6H,4-5H2,1-3H3,(H,15,16);2-4,6,12H,5H2,1H3,(H,13,14);1H.